The molecule has 0 unspecified atom stereocenters. The van der Waals surface area contributed by atoms with Crippen LogP contribution in [0.2, 0.25) is 0 Å². The summed E-state index contributed by atoms with van der Waals surface area (Å²) in [6.45, 7) is 6.44. The third-order valence-electron chi connectivity index (χ3n) is 3.62. The number of ether oxygens (including phenoxy) is 1. The second-order valence-electron chi connectivity index (χ2n) is 5.21. The Hall–Kier alpha value is -1.39. The molecule has 0 atom stereocenters. The van der Waals surface area contributed by atoms with E-state index in [1.165, 1.54) is 0 Å². The second kappa shape index (κ2) is 6.17. The summed E-state index contributed by atoms with van der Waals surface area (Å²) in [6.07, 6.45) is 0. The predicted molar refractivity (Wildman–Crippen MR) is 76.0 cm³/mol. The van der Waals surface area contributed by atoms with E-state index in [1.807, 2.05) is 25.1 Å². The fourth-order valence-corrected chi connectivity index (χ4v) is 2.32. The number of ketones is 1. The molecule has 0 amide bonds. The van der Waals surface area contributed by atoms with Gasteiger partial charge in [0.25, 0.3) is 0 Å². The van der Waals surface area contributed by atoms with E-state index in [1.54, 1.807) is 7.11 Å². The second-order valence-corrected chi connectivity index (χ2v) is 5.21. The summed E-state index contributed by atoms with van der Waals surface area (Å²) in [7, 11) is 3.73. The Bertz CT molecular complexity index is 451. The topological polar surface area (TPSA) is 32.8 Å². The van der Waals surface area contributed by atoms with Crippen molar-refractivity contribution in [3.8, 4) is 5.75 Å². The molecular weight excluding hydrogens is 240 g/mol. The zero-order valence-corrected chi connectivity index (χ0v) is 12.0. The third-order valence-corrected chi connectivity index (χ3v) is 3.62. The molecule has 1 aliphatic heterocycles. The van der Waals surface area contributed by atoms with Gasteiger partial charge in [-0.1, -0.05) is 6.07 Å². The quantitative estimate of drug-likeness (QED) is 0.769. The van der Waals surface area contributed by atoms with Crippen LogP contribution in [0.3, 0.4) is 0 Å². The summed E-state index contributed by atoms with van der Waals surface area (Å²) in [5.41, 5.74) is 1.79. The number of benzene rings is 1. The van der Waals surface area contributed by atoms with E-state index in [0.717, 1.165) is 31.7 Å². The number of piperazine rings is 1. The third kappa shape index (κ3) is 3.55. The normalized spacial score (nSPS) is 17.4. The van der Waals surface area contributed by atoms with Gasteiger partial charge in [0.2, 0.25) is 0 Å². The van der Waals surface area contributed by atoms with E-state index in [2.05, 4.69) is 16.8 Å². The van der Waals surface area contributed by atoms with E-state index in [4.69, 9.17) is 4.74 Å². The summed E-state index contributed by atoms with van der Waals surface area (Å²) in [5, 5.41) is 0. The Balaban J connectivity index is 2.03. The molecule has 0 N–H and O–H groups in total. The summed E-state index contributed by atoms with van der Waals surface area (Å²) in [4.78, 5) is 16.8. The molecular formula is C15H22N2O2. The van der Waals surface area contributed by atoms with Crippen LogP contribution in [-0.4, -0.2) is 62.5 Å². The highest BCUT2D eigenvalue weighted by Crippen LogP contribution is 2.20. The van der Waals surface area contributed by atoms with Crippen molar-refractivity contribution in [3.63, 3.8) is 0 Å². The zero-order chi connectivity index (χ0) is 13.8. The zero-order valence-electron chi connectivity index (χ0n) is 12.0. The van der Waals surface area contributed by atoms with Crippen LogP contribution in [-0.2, 0) is 0 Å². The molecule has 0 spiro atoms. The van der Waals surface area contributed by atoms with Crippen molar-refractivity contribution in [1.82, 2.24) is 9.80 Å². The summed E-state index contributed by atoms with van der Waals surface area (Å²) in [6, 6.07) is 5.74. The number of hydrogen-bond donors (Lipinski definition) is 0. The molecule has 4 heteroatoms. The van der Waals surface area contributed by atoms with Gasteiger partial charge >= 0.3 is 0 Å². The highest BCUT2D eigenvalue weighted by Gasteiger charge is 2.19. The van der Waals surface area contributed by atoms with Crippen molar-refractivity contribution in [2.75, 3.05) is 46.9 Å². The molecule has 1 aromatic rings. The molecule has 4 nitrogen and oxygen atoms in total. The lowest BCUT2D eigenvalue weighted by Gasteiger charge is -2.31. The number of rotatable bonds is 4. The maximum absolute atomic E-state index is 12.4. The molecule has 0 radical (unpaired) electrons. The minimum Gasteiger partial charge on any atom is -0.496 e. The number of carbonyl (C=O) groups excluding carboxylic acids is 1. The van der Waals surface area contributed by atoms with Crippen LogP contribution in [0.15, 0.2) is 18.2 Å². The highest BCUT2D eigenvalue weighted by molar-refractivity contribution is 6.00. The maximum atomic E-state index is 12.4. The monoisotopic (exact) mass is 262 g/mol. The first kappa shape index (κ1) is 14.0. The molecule has 1 fully saturated rings. The molecule has 1 aliphatic rings. The summed E-state index contributed by atoms with van der Waals surface area (Å²) < 4.78 is 5.31. The minimum absolute atomic E-state index is 0.140. The van der Waals surface area contributed by atoms with Gasteiger partial charge in [0.15, 0.2) is 5.78 Å². The average Bonchev–Trinajstić information content (AvgIpc) is 2.41. The Kier molecular flexibility index (Phi) is 4.56. The smallest absolute Gasteiger partial charge is 0.180 e. The molecule has 0 saturated carbocycles. The fraction of sp³-hybridized carbons (Fsp3) is 0.533. The van der Waals surface area contributed by atoms with Gasteiger partial charge in [-0.2, -0.15) is 0 Å². The van der Waals surface area contributed by atoms with E-state index in [0.29, 0.717) is 17.9 Å². The highest BCUT2D eigenvalue weighted by atomic mass is 16.5. The largest absolute Gasteiger partial charge is 0.496 e. The van der Waals surface area contributed by atoms with Crippen molar-refractivity contribution < 1.29 is 9.53 Å². The molecule has 1 aromatic carbocycles. The number of methoxy groups -OCH3 is 1. The molecule has 19 heavy (non-hydrogen) atoms. The number of hydrogen-bond acceptors (Lipinski definition) is 4. The standard InChI is InChI=1S/C15H22N2O2/c1-12-4-5-13(15(10-12)19-3)14(18)11-17-8-6-16(2)7-9-17/h4-5,10H,6-9,11H2,1-3H3. The lowest BCUT2D eigenvalue weighted by Crippen LogP contribution is -2.46. The van der Waals surface area contributed by atoms with Crippen LogP contribution in [0.1, 0.15) is 15.9 Å². The van der Waals surface area contributed by atoms with E-state index >= 15 is 0 Å². The lowest BCUT2D eigenvalue weighted by atomic mass is 10.1. The van der Waals surface area contributed by atoms with E-state index in [9.17, 15) is 4.79 Å². The number of nitrogens with zero attached hydrogens (tertiary/aromatic N) is 2. The van der Waals surface area contributed by atoms with Crippen molar-refractivity contribution in [2.24, 2.45) is 0 Å². The molecule has 104 valence electrons. The van der Waals surface area contributed by atoms with Gasteiger partial charge < -0.3 is 9.64 Å². The Morgan fingerprint density at radius 2 is 1.95 bits per heavy atom. The van der Waals surface area contributed by atoms with Crippen molar-refractivity contribution in [3.05, 3.63) is 29.3 Å². The molecule has 0 aliphatic carbocycles. The van der Waals surface area contributed by atoms with Crippen molar-refractivity contribution in [1.29, 1.82) is 0 Å². The van der Waals surface area contributed by atoms with Crippen LogP contribution < -0.4 is 4.74 Å². The Morgan fingerprint density at radius 3 is 2.58 bits per heavy atom. The fourth-order valence-electron chi connectivity index (χ4n) is 2.32. The van der Waals surface area contributed by atoms with E-state index in [-0.39, 0.29) is 5.78 Å². The number of Topliss-reactive ketones (excluding diaryl/α,β-unsaturated/α-hetero) is 1. The van der Waals surface area contributed by atoms with Gasteiger partial charge in [-0.3, -0.25) is 9.69 Å². The SMILES string of the molecule is COc1cc(C)ccc1C(=O)CN1CCN(C)CC1. The first-order chi connectivity index (χ1) is 9.10. The first-order valence-corrected chi connectivity index (χ1v) is 6.69. The number of aryl methyl sites for hydroxylation is 1. The van der Waals surface area contributed by atoms with Crippen LogP contribution >= 0.6 is 0 Å². The van der Waals surface area contributed by atoms with Crippen LogP contribution in [0, 0.1) is 6.92 Å². The van der Waals surface area contributed by atoms with Crippen LogP contribution in [0.25, 0.3) is 0 Å². The molecule has 0 bridgehead atoms. The Morgan fingerprint density at radius 1 is 1.26 bits per heavy atom. The van der Waals surface area contributed by atoms with Crippen LogP contribution in [0.4, 0.5) is 0 Å². The maximum Gasteiger partial charge on any atom is 0.180 e. The van der Waals surface area contributed by atoms with Gasteiger partial charge in [0.1, 0.15) is 5.75 Å². The average molecular weight is 262 g/mol. The summed E-state index contributed by atoms with van der Waals surface area (Å²) >= 11 is 0. The van der Waals surface area contributed by atoms with E-state index < -0.39 is 0 Å². The van der Waals surface area contributed by atoms with Gasteiger partial charge in [-0.15, -0.1) is 0 Å². The molecule has 1 saturated heterocycles. The number of likely N-dealkylation sites (N-methyl/N-ethyl adjacent to an activating group) is 1. The number of carbonyl (C=O) groups is 1. The predicted octanol–water partition coefficient (Wildman–Crippen LogP) is 1.43. The molecule has 0 aromatic heterocycles. The van der Waals surface area contributed by atoms with Gasteiger partial charge in [0.05, 0.1) is 19.2 Å². The molecule has 2 rings (SSSR count). The van der Waals surface area contributed by atoms with Gasteiger partial charge in [-0.05, 0) is 31.7 Å². The lowest BCUT2D eigenvalue weighted by molar-refractivity contribution is 0.0873. The molecule has 1 heterocycles. The first-order valence-electron chi connectivity index (χ1n) is 6.69. The van der Waals surface area contributed by atoms with Crippen LogP contribution in [0.5, 0.6) is 5.75 Å². The summed E-state index contributed by atoms with van der Waals surface area (Å²) in [5.74, 6) is 0.820. The van der Waals surface area contributed by atoms with Crippen molar-refractivity contribution in [2.45, 2.75) is 6.92 Å². The van der Waals surface area contributed by atoms with Gasteiger partial charge in [0, 0.05) is 26.2 Å². The van der Waals surface area contributed by atoms with Crippen molar-refractivity contribution >= 4 is 5.78 Å². The minimum atomic E-state index is 0.140. The Labute approximate surface area is 115 Å². The van der Waals surface area contributed by atoms with Gasteiger partial charge in [-0.25, -0.2) is 0 Å².